The highest BCUT2D eigenvalue weighted by Crippen LogP contribution is 2.23. The van der Waals surface area contributed by atoms with Crippen LogP contribution in [0.1, 0.15) is 30.9 Å². The largest absolute Gasteiger partial charge is 0.403 e. The van der Waals surface area contributed by atoms with E-state index in [0.717, 1.165) is 0 Å². The molecule has 0 saturated heterocycles. The monoisotopic (exact) mass is 207 g/mol. The first-order valence-corrected chi connectivity index (χ1v) is 4.69. The van der Waals surface area contributed by atoms with Crippen LogP contribution < -0.4 is 5.73 Å². The smallest absolute Gasteiger partial charge is 0.126 e. The SMILES string of the molecule is CC(C)c1cc(/C(=C/N)N=N)ccc1F. The third-order valence-electron chi connectivity index (χ3n) is 2.19. The van der Waals surface area contributed by atoms with E-state index >= 15 is 0 Å². The van der Waals surface area contributed by atoms with Gasteiger partial charge in [-0.3, -0.25) is 0 Å². The summed E-state index contributed by atoms with van der Waals surface area (Å²) in [7, 11) is 0. The molecule has 1 aromatic rings. The van der Waals surface area contributed by atoms with Crippen LogP contribution in [0.3, 0.4) is 0 Å². The van der Waals surface area contributed by atoms with Crippen molar-refractivity contribution in [1.29, 1.82) is 5.53 Å². The summed E-state index contributed by atoms with van der Waals surface area (Å²) in [5, 5.41) is 3.27. The quantitative estimate of drug-likeness (QED) is 0.734. The third kappa shape index (κ3) is 2.40. The van der Waals surface area contributed by atoms with Gasteiger partial charge in [0.25, 0.3) is 0 Å². The maximum absolute atomic E-state index is 13.4. The number of nitrogens with zero attached hydrogens (tertiary/aromatic N) is 1. The van der Waals surface area contributed by atoms with Crippen LogP contribution in [-0.4, -0.2) is 0 Å². The van der Waals surface area contributed by atoms with Gasteiger partial charge in [0.15, 0.2) is 0 Å². The molecule has 3 nitrogen and oxygen atoms in total. The van der Waals surface area contributed by atoms with Crippen molar-refractivity contribution in [3.8, 4) is 0 Å². The fourth-order valence-corrected chi connectivity index (χ4v) is 1.34. The lowest BCUT2D eigenvalue weighted by Crippen LogP contribution is -1.95. The van der Waals surface area contributed by atoms with E-state index in [4.69, 9.17) is 11.3 Å². The Morgan fingerprint density at radius 2 is 2.20 bits per heavy atom. The lowest BCUT2D eigenvalue weighted by molar-refractivity contribution is 0.598. The van der Waals surface area contributed by atoms with E-state index in [2.05, 4.69) is 5.11 Å². The molecule has 80 valence electrons. The number of hydrogen-bond acceptors (Lipinski definition) is 3. The normalized spacial score (nSPS) is 11.9. The van der Waals surface area contributed by atoms with Crippen molar-refractivity contribution in [2.24, 2.45) is 10.8 Å². The van der Waals surface area contributed by atoms with E-state index in [-0.39, 0.29) is 11.7 Å². The van der Waals surface area contributed by atoms with Crippen molar-refractivity contribution in [3.05, 3.63) is 41.3 Å². The predicted molar refractivity (Wildman–Crippen MR) is 57.8 cm³/mol. The summed E-state index contributed by atoms with van der Waals surface area (Å²) in [4.78, 5) is 0. The minimum Gasteiger partial charge on any atom is -0.403 e. The van der Waals surface area contributed by atoms with E-state index in [0.29, 0.717) is 16.8 Å². The molecule has 0 aliphatic heterocycles. The topological polar surface area (TPSA) is 62.2 Å². The summed E-state index contributed by atoms with van der Waals surface area (Å²) in [6.07, 6.45) is 1.24. The van der Waals surface area contributed by atoms with Gasteiger partial charge in [-0.2, -0.15) is 5.11 Å². The van der Waals surface area contributed by atoms with Crippen LogP contribution in [0, 0.1) is 11.3 Å². The Morgan fingerprint density at radius 3 is 2.67 bits per heavy atom. The van der Waals surface area contributed by atoms with Crippen LogP contribution in [0.25, 0.3) is 5.70 Å². The predicted octanol–water partition coefficient (Wildman–Crippen LogP) is 3.24. The molecule has 1 rings (SSSR count). The first-order valence-electron chi connectivity index (χ1n) is 4.69. The number of nitrogens with two attached hydrogens (primary N) is 1. The Balaban J connectivity index is 3.24. The molecule has 4 heteroatoms. The van der Waals surface area contributed by atoms with Crippen LogP contribution in [0.4, 0.5) is 4.39 Å². The highest BCUT2D eigenvalue weighted by atomic mass is 19.1. The molecule has 0 radical (unpaired) electrons. The molecule has 0 spiro atoms. The maximum atomic E-state index is 13.4. The average Bonchev–Trinajstić information content (AvgIpc) is 2.21. The number of halogens is 1. The van der Waals surface area contributed by atoms with E-state index in [1.165, 1.54) is 12.3 Å². The van der Waals surface area contributed by atoms with Crippen LogP contribution in [0.15, 0.2) is 29.5 Å². The summed E-state index contributed by atoms with van der Waals surface area (Å²) >= 11 is 0. The molecule has 1 aromatic carbocycles. The number of benzene rings is 1. The van der Waals surface area contributed by atoms with Gasteiger partial charge in [0.2, 0.25) is 0 Å². The standard InChI is InChI=1S/C11H14FN3/c1-7(2)9-5-8(3-4-10(9)12)11(6-13)15-14/h3-7,14H,13H2,1-2H3/b11-6-,15-14?. The molecule has 15 heavy (non-hydrogen) atoms. The molecule has 0 aliphatic rings. The summed E-state index contributed by atoms with van der Waals surface area (Å²) in [5.41, 5.74) is 13.8. The molecule has 0 bridgehead atoms. The summed E-state index contributed by atoms with van der Waals surface area (Å²) in [6.45, 7) is 3.82. The van der Waals surface area contributed by atoms with Crippen LogP contribution >= 0.6 is 0 Å². The Hall–Kier alpha value is -1.71. The number of nitrogens with one attached hydrogen (secondary N) is 1. The van der Waals surface area contributed by atoms with Crippen molar-refractivity contribution in [3.63, 3.8) is 0 Å². The van der Waals surface area contributed by atoms with Crippen molar-refractivity contribution in [1.82, 2.24) is 0 Å². The second-order valence-corrected chi connectivity index (χ2v) is 3.55. The average molecular weight is 207 g/mol. The Labute approximate surface area is 88.3 Å². The summed E-state index contributed by atoms with van der Waals surface area (Å²) < 4.78 is 13.4. The molecular formula is C11H14FN3. The number of rotatable bonds is 3. The van der Waals surface area contributed by atoms with Gasteiger partial charge in [-0.15, -0.1) is 0 Å². The Bertz CT molecular complexity index is 397. The highest BCUT2D eigenvalue weighted by Gasteiger charge is 2.09. The van der Waals surface area contributed by atoms with Crippen LogP contribution in [-0.2, 0) is 0 Å². The second kappa shape index (κ2) is 4.68. The number of hydrogen-bond donors (Lipinski definition) is 2. The Kier molecular flexibility index (Phi) is 3.55. The molecule has 0 aromatic heterocycles. The second-order valence-electron chi connectivity index (χ2n) is 3.55. The van der Waals surface area contributed by atoms with Gasteiger partial charge in [-0.1, -0.05) is 13.8 Å². The molecule has 3 N–H and O–H groups in total. The van der Waals surface area contributed by atoms with Crippen molar-refractivity contribution < 1.29 is 4.39 Å². The maximum Gasteiger partial charge on any atom is 0.126 e. The zero-order chi connectivity index (χ0) is 11.4. The minimum atomic E-state index is -0.241. The molecule has 0 atom stereocenters. The third-order valence-corrected chi connectivity index (χ3v) is 2.19. The first-order chi connectivity index (χ1) is 7.10. The molecule has 0 unspecified atom stereocenters. The molecule has 0 aliphatic carbocycles. The highest BCUT2D eigenvalue weighted by molar-refractivity contribution is 5.64. The molecule has 0 heterocycles. The van der Waals surface area contributed by atoms with Gasteiger partial charge in [-0.05, 0) is 29.7 Å². The van der Waals surface area contributed by atoms with Gasteiger partial charge >= 0.3 is 0 Å². The fraction of sp³-hybridized carbons (Fsp3) is 0.273. The van der Waals surface area contributed by atoms with E-state index in [9.17, 15) is 4.39 Å². The van der Waals surface area contributed by atoms with Gasteiger partial charge in [-0.25, -0.2) is 9.92 Å². The first kappa shape index (κ1) is 11.4. The molecule has 0 amide bonds. The van der Waals surface area contributed by atoms with Gasteiger partial charge < -0.3 is 5.73 Å². The van der Waals surface area contributed by atoms with E-state index in [1.807, 2.05) is 13.8 Å². The van der Waals surface area contributed by atoms with Crippen molar-refractivity contribution in [2.75, 3.05) is 0 Å². The van der Waals surface area contributed by atoms with Crippen LogP contribution in [0.2, 0.25) is 0 Å². The zero-order valence-electron chi connectivity index (χ0n) is 8.79. The van der Waals surface area contributed by atoms with Gasteiger partial charge in [0.1, 0.15) is 11.5 Å². The Morgan fingerprint density at radius 1 is 1.53 bits per heavy atom. The van der Waals surface area contributed by atoms with Crippen molar-refractivity contribution in [2.45, 2.75) is 19.8 Å². The van der Waals surface area contributed by atoms with Crippen LogP contribution in [0.5, 0.6) is 0 Å². The fourth-order valence-electron chi connectivity index (χ4n) is 1.34. The summed E-state index contributed by atoms with van der Waals surface area (Å²) in [6, 6.07) is 4.62. The molecule has 0 fully saturated rings. The zero-order valence-corrected chi connectivity index (χ0v) is 8.79. The minimum absolute atomic E-state index is 0.0923. The van der Waals surface area contributed by atoms with E-state index in [1.54, 1.807) is 12.1 Å². The van der Waals surface area contributed by atoms with Crippen molar-refractivity contribution >= 4 is 5.70 Å². The van der Waals surface area contributed by atoms with E-state index < -0.39 is 0 Å². The summed E-state index contributed by atoms with van der Waals surface area (Å²) in [5.74, 6) is -0.148. The van der Waals surface area contributed by atoms with Gasteiger partial charge in [0, 0.05) is 11.8 Å². The van der Waals surface area contributed by atoms with Gasteiger partial charge in [0.05, 0.1) is 0 Å². The lowest BCUT2D eigenvalue weighted by Gasteiger charge is -2.09. The molecular weight excluding hydrogens is 193 g/mol. The molecule has 0 saturated carbocycles. The lowest BCUT2D eigenvalue weighted by atomic mass is 9.99.